The normalized spacial score (nSPS) is 10.3. The van der Waals surface area contributed by atoms with E-state index in [0.29, 0.717) is 6.54 Å². The maximum atomic E-state index is 5.69. The smallest absolute Gasteiger partial charge is 0.220 e. The number of aromatic nitrogens is 2. The number of hydrogen-bond donors (Lipinski definition) is 3. The average Bonchev–Trinajstić information content (AvgIpc) is 2.49. The summed E-state index contributed by atoms with van der Waals surface area (Å²) in [5.74, 6) is 1.01. The van der Waals surface area contributed by atoms with Crippen LogP contribution in [0, 0.1) is 0 Å². The maximum absolute atomic E-state index is 5.69. The molecule has 0 aliphatic rings. The van der Waals surface area contributed by atoms with Crippen LogP contribution in [0.15, 0.2) is 30.5 Å². The monoisotopic (exact) mass is 273 g/mol. The number of ether oxygens (including phenoxy) is 1. The molecule has 0 amide bonds. The van der Waals surface area contributed by atoms with Gasteiger partial charge in [0.25, 0.3) is 0 Å². The lowest BCUT2D eigenvalue weighted by Crippen LogP contribution is -2.10. The number of anilines is 2. The fraction of sp³-hybridized carbons (Fsp3) is 0.286. The van der Waals surface area contributed by atoms with Crippen LogP contribution in [0.3, 0.4) is 0 Å². The maximum Gasteiger partial charge on any atom is 0.220 e. The Kier molecular flexibility index (Phi) is 4.73. The van der Waals surface area contributed by atoms with Crippen molar-refractivity contribution in [3.63, 3.8) is 0 Å². The van der Waals surface area contributed by atoms with Gasteiger partial charge in [-0.25, -0.2) is 9.97 Å². The highest BCUT2D eigenvalue weighted by atomic mass is 16.5. The quantitative estimate of drug-likeness (QED) is 0.690. The first-order valence-corrected chi connectivity index (χ1v) is 6.45. The van der Waals surface area contributed by atoms with Crippen LogP contribution in [0.25, 0.3) is 11.3 Å². The van der Waals surface area contributed by atoms with Gasteiger partial charge >= 0.3 is 0 Å². The van der Waals surface area contributed by atoms with Crippen molar-refractivity contribution in [1.82, 2.24) is 9.97 Å². The molecule has 1 aromatic heterocycles. The van der Waals surface area contributed by atoms with Crippen LogP contribution < -0.4 is 21.5 Å². The van der Waals surface area contributed by atoms with Crippen LogP contribution >= 0.6 is 0 Å². The molecule has 5 N–H and O–H groups in total. The summed E-state index contributed by atoms with van der Waals surface area (Å²) < 4.78 is 5.23. The van der Waals surface area contributed by atoms with E-state index in [-0.39, 0.29) is 5.95 Å². The zero-order valence-corrected chi connectivity index (χ0v) is 11.5. The predicted octanol–water partition coefficient (Wildman–Crippen LogP) is 1.50. The van der Waals surface area contributed by atoms with Crippen molar-refractivity contribution in [1.29, 1.82) is 0 Å². The van der Waals surface area contributed by atoms with E-state index >= 15 is 0 Å². The van der Waals surface area contributed by atoms with E-state index in [2.05, 4.69) is 15.3 Å². The highest BCUT2D eigenvalue weighted by Gasteiger charge is 2.09. The van der Waals surface area contributed by atoms with Gasteiger partial charge < -0.3 is 21.5 Å². The van der Waals surface area contributed by atoms with Crippen LogP contribution in [0.5, 0.6) is 5.75 Å². The Morgan fingerprint density at radius 1 is 1.35 bits per heavy atom. The van der Waals surface area contributed by atoms with Crippen molar-refractivity contribution in [2.75, 3.05) is 31.2 Å². The Labute approximate surface area is 118 Å². The molecule has 0 saturated heterocycles. The molecular weight excluding hydrogens is 254 g/mol. The molecule has 0 aliphatic carbocycles. The van der Waals surface area contributed by atoms with Gasteiger partial charge in [0.05, 0.1) is 24.7 Å². The fourth-order valence-corrected chi connectivity index (χ4v) is 1.84. The number of nitrogens with zero attached hydrogens (tertiary/aromatic N) is 2. The topological polar surface area (TPSA) is 99.1 Å². The minimum absolute atomic E-state index is 0.243. The molecule has 0 unspecified atom stereocenters. The van der Waals surface area contributed by atoms with Gasteiger partial charge in [-0.1, -0.05) is 12.1 Å². The van der Waals surface area contributed by atoms with Gasteiger partial charge in [0.15, 0.2) is 0 Å². The molecule has 2 rings (SSSR count). The molecule has 0 saturated carbocycles. The first-order chi connectivity index (χ1) is 9.74. The number of benzene rings is 1. The van der Waals surface area contributed by atoms with Crippen LogP contribution in [0.2, 0.25) is 0 Å². The van der Waals surface area contributed by atoms with E-state index in [4.69, 9.17) is 16.2 Å². The summed E-state index contributed by atoms with van der Waals surface area (Å²) in [6.07, 6.45) is 2.57. The lowest BCUT2D eigenvalue weighted by atomic mass is 10.1. The number of rotatable bonds is 6. The highest BCUT2D eigenvalue weighted by molar-refractivity contribution is 5.75. The summed E-state index contributed by atoms with van der Waals surface area (Å²) in [6.45, 7) is 1.40. The van der Waals surface area contributed by atoms with E-state index in [1.807, 2.05) is 24.3 Å². The predicted molar refractivity (Wildman–Crippen MR) is 80.6 cm³/mol. The third-order valence-electron chi connectivity index (χ3n) is 2.85. The molecule has 0 atom stereocenters. The second-order valence-electron chi connectivity index (χ2n) is 4.29. The Hall–Kier alpha value is -2.34. The van der Waals surface area contributed by atoms with Crippen LogP contribution in [-0.2, 0) is 0 Å². The fourth-order valence-electron chi connectivity index (χ4n) is 1.84. The number of nitrogens with two attached hydrogens (primary N) is 2. The molecule has 1 aromatic carbocycles. The Morgan fingerprint density at radius 3 is 2.95 bits per heavy atom. The van der Waals surface area contributed by atoms with Gasteiger partial charge in [0.2, 0.25) is 5.95 Å². The second kappa shape index (κ2) is 6.72. The highest BCUT2D eigenvalue weighted by Crippen LogP contribution is 2.28. The lowest BCUT2D eigenvalue weighted by Gasteiger charge is -2.12. The van der Waals surface area contributed by atoms with Gasteiger partial charge in [0.1, 0.15) is 5.75 Å². The third kappa shape index (κ3) is 3.36. The van der Waals surface area contributed by atoms with Crippen molar-refractivity contribution in [3.8, 4) is 17.0 Å². The molecule has 0 spiro atoms. The van der Waals surface area contributed by atoms with E-state index < -0.39 is 0 Å². The van der Waals surface area contributed by atoms with Crippen LogP contribution in [0.1, 0.15) is 6.42 Å². The number of hydrogen-bond acceptors (Lipinski definition) is 6. The summed E-state index contributed by atoms with van der Waals surface area (Å²) in [4.78, 5) is 8.34. The third-order valence-corrected chi connectivity index (χ3v) is 2.85. The van der Waals surface area contributed by atoms with Gasteiger partial charge in [-0.2, -0.15) is 0 Å². The van der Waals surface area contributed by atoms with Gasteiger partial charge in [-0.15, -0.1) is 0 Å². The lowest BCUT2D eigenvalue weighted by molar-refractivity contribution is 0.415. The molecule has 0 fully saturated rings. The second-order valence-corrected chi connectivity index (χ2v) is 4.29. The van der Waals surface area contributed by atoms with Gasteiger partial charge in [0, 0.05) is 12.1 Å². The van der Waals surface area contributed by atoms with Gasteiger partial charge in [-0.3, -0.25) is 0 Å². The van der Waals surface area contributed by atoms with E-state index in [1.165, 1.54) is 0 Å². The first kappa shape index (κ1) is 14.1. The van der Waals surface area contributed by atoms with E-state index in [9.17, 15) is 0 Å². The molecule has 6 heteroatoms. The molecule has 0 aliphatic heterocycles. The summed E-state index contributed by atoms with van der Waals surface area (Å²) >= 11 is 0. The molecule has 1 heterocycles. The van der Waals surface area contributed by atoms with E-state index in [1.54, 1.807) is 13.3 Å². The minimum atomic E-state index is 0.243. The molecule has 2 aromatic rings. The Balaban J connectivity index is 2.34. The number of methoxy groups -OCH3 is 1. The van der Waals surface area contributed by atoms with Gasteiger partial charge in [-0.05, 0) is 25.1 Å². The summed E-state index contributed by atoms with van der Waals surface area (Å²) in [5.41, 5.74) is 13.7. The van der Waals surface area contributed by atoms with Crippen LogP contribution in [-0.4, -0.2) is 30.2 Å². The number of nitrogens with one attached hydrogen (secondary N) is 1. The Morgan fingerprint density at radius 2 is 2.20 bits per heavy atom. The molecule has 6 nitrogen and oxygen atoms in total. The van der Waals surface area contributed by atoms with Crippen LogP contribution in [0.4, 0.5) is 11.6 Å². The molecule has 106 valence electrons. The van der Waals surface area contributed by atoms with Crippen molar-refractivity contribution in [2.24, 2.45) is 5.73 Å². The van der Waals surface area contributed by atoms with Crippen molar-refractivity contribution < 1.29 is 4.74 Å². The molecule has 20 heavy (non-hydrogen) atoms. The summed E-state index contributed by atoms with van der Waals surface area (Å²) in [6, 6.07) is 7.67. The van der Waals surface area contributed by atoms with Crippen molar-refractivity contribution >= 4 is 11.6 Å². The molecule has 0 radical (unpaired) electrons. The molecule has 0 bridgehead atoms. The largest absolute Gasteiger partial charge is 0.497 e. The first-order valence-electron chi connectivity index (χ1n) is 6.45. The summed E-state index contributed by atoms with van der Waals surface area (Å²) in [7, 11) is 1.63. The molecular formula is C14H19N5O. The summed E-state index contributed by atoms with van der Waals surface area (Å²) in [5, 5.41) is 3.28. The average molecular weight is 273 g/mol. The SMILES string of the molecule is COc1cccc(-c2nc(N)ncc2NCCCN)c1. The number of nitrogen functional groups attached to an aromatic ring is 1. The minimum Gasteiger partial charge on any atom is -0.497 e. The van der Waals surface area contributed by atoms with E-state index in [0.717, 1.165) is 35.7 Å². The zero-order chi connectivity index (χ0) is 14.4. The van der Waals surface area contributed by atoms with Crippen molar-refractivity contribution in [2.45, 2.75) is 6.42 Å². The standard InChI is InChI=1S/C14H19N5O/c1-20-11-5-2-4-10(8-11)13-12(17-7-3-6-15)9-18-14(16)19-13/h2,4-5,8-9,17H,3,6-7,15H2,1H3,(H2,16,18,19). The van der Waals surface area contributed by atoms with Crippen molar-refractivity contribution in [3.05, 3.63) is 30.5 Å². The Bertz CT molecular complexity index is 573. The zero-order valence-electron chi connectivity index (χ0n) is 11.5.